The standard InChI is InChI=1S/C14H13N3O2S/c1-10-8-13-14(9-11(10)2)17(16-15-13)20(18,19)12-6-4-3-5-7-12/h3-9H,1-2H3. The molecule has 1 aromatic heterocycles. The summed E-state index contributed by atoms with van der Waals surface area (Å²) in [6, 6.07) is 11.9. The average molecular weight is 287 g/mol. The zero-order valence-electron chi connectivity index (χ0n) is 11.1. The van der Waals surface area contributed by atoms with E-state index in [2.05, 4.69) is 10.3 Å². The van der Waals surface area contributed by atoms with Crippen molar-refractivity contribution >= 4 is 21.1 Å². The van der Waals surface area contributed by atoms with Gasteiger partial charge in [-0.2, -0.15) is 8.42 Å². The van der Waals surface area contributed by atoms with Crippen molar-refractivity contribution in [2.75, 3.05) is 0 Å². The molecule has 0 saturated heterocycles. The number of fused-ring (bicyclic) bond motifs is 1. The monoisotopic (exact) mass is 287 g/mol. The van der Waals surface area contributed by atoms with Gasteiger partial charge in [-0.3, -0.25) is 0 Å². The van der Waals surface area contributed by atoms with Crippen LogP contribution in [-0.2, 0) is 10.0 Å². The van der Waals surface area contributed by atoms with Crippen molar-refractivity contribution in [1.82, 2.24) is 14.4 Å². The van der Waals surface area contributed by atoms with E-state index < -0.39 is 10.0 Å². The van der Waals surface area contributed by atoms with Crippen LogP contribution in [0, 0.1) is 13.8 Å². The van der Waals surface area contributed by atoms with E-state index in [4.69, 9.17) is 0 Å². The first-order valence-electron chi connectivity index (χ1n) is 6.13. The summed E-state index contributed by atoms with van der Waals surface area (Å²) in [5.41, 5.74) is 3.13. The highest BCUT2D eigenvalue weighted by Crippen LogP contribution is 2.21. The predicted octanol–water partition coefficient (Wildman–Crippen LogP) is 2.29. The lowest BCUT2D eigenvalue weighted by molar-refractivity contribution is 0.579. The molecule has 2 aromatic carbocycles. The van der Waals surface area contributed by atoms with Crippen LogP contribution in [0.4, 0.5) is 0 Å². The number of aromatic nitrogens is 3. The molecule has 1 heterocycles. The third-order valence-corrected chi connectivity index (χ3v) is 4.89. The fourth-order valence-corrected chi connectivity index (χ4v) is 3.26. The quantitative estimate of drug-likeness (QED) is 0.725. The van der Waals surface area contributed by atoms with Crippen molar-refractivity contribution in [3.8, 4) is 0 Å². The first-order chi connectivity index (χ1) is 9.50. The van der Waals surface area contributed by atoms with Gasteiger partial charge < -0.3 is 0 Å². The van der Waals surface area contributed by atoms with E-state index in [1.807, 2.05) is 19.9 Å². The van der Waals surface area contributed by atoms with E-state index in [1.54, 1.807) is 36.4 Å². The molecule has 0 aliphatic rings. The number of hydrogen-bond donors (Lipinski definition) is 0. The molecule has 20 heavy (non-hydrogen) atoms. The van der Waals surface area contributed by atoms with Crippen LogP contribution in [-0.4, -0.2) is 22.8 Å². The van der Waals surface area contributed by atoms with Gasteiger partial charge in [0.2, 0.25) is 0 Å². The number of aryl methyl sites for hydroxylation is 2. The molecule has 0 aliphatic heterocycles. The summed E-state index contributed by atoms with van der Waals surface area (Å²) in [6.07, 6.45) is 0. The van der Waals surface area contributed by atoms with Crippen molar-refractivity contribution in [2.45, 2.75) is 18.7 Å². The van der Waals surface area contributed by atoms with Gasteiger partial charge in [-0.1, -0.05) is 23.4 Å². The van der Waals surface area contributed by atoms with E-state index in [1.165, 1.54) is 0 Å². The summed E-state index contributed by atoms with van der Waals surface area (Å²) < 4.78 is 26.1. The molecule has 0 spiro atoms. The molecule has 0 amide bonds. The van der Waals surface area contributed by atoms with E-state index in [-0.39, 0.29) is 4.90 Å². The molecule has 102 valence electrons. The summed E-state index contributed by atoms with van der Waals surface area (Å²) in [4.78, 5) is 0.199. The van der Waals surface area contributed by atoms with Crippen molar-refractivity contribution in [1.29, 1.82) is 0 Å². The summed E-state index contributed by atoms with van der Waals surface area (Å²) in [7, 11) is -3.71. The molecule has 0 fully saturated rings. The molecule has 0 aliphatic carbocycles. The first-order valence-corrected chi connectivity index (χ1v) is 7.57. The van der Waals surface area contributed by atoms with Crippen molar-refractivity contribution in [3.63, 3.8) is 0 Å². The maximum atomic E-state index is 12.6. The summed E-state index contributed by atoms with van der Waals surface area (Å²) >= 11 is 0. The molecule has 6 heteroatoms. The minimum Gasteiger partial charge on any atom is -0.199 e. The second kappa shape index (κ2) is 4.42. The lowest BCUT2D eigenvalue weighted by Crippen LogP contribution is -2.14. The van der Waals surface area contributed by atoms with Crippen LogP contribution in [0.15, 0.2) is 47.4 Å². The van der Waals surface area contributed by atoms with Crippen LogP contribution >= 0.6 is 0 Å². The highest BCUT2D eigenvalue weighted by atomic mass is 32.2. The molecule has 3 rings (SSSR count). The fourth-order valence-electron chi connectivity index (χ4n) is 2.03. The van der Waals surface area contributed by atoms with Crippen LogP contribution in [0.2, 0.25) is 0 Å². The van der Waals surface area contributed by atoms with Gasteiger partial charge in [0.15, 0.2) is 0 Å². The Labute approximate surface area is 116 Å². The van der Waals surface area contributed by atoms with E-state index >= 15 is 0 Å². The van der Waals surface area contributed by atoms with Crippen LogP contribution in [0.1, 0.15) is 11.1 Å². The van der Waals surface area contributed by atoms with Crippen molar-refractivity contribution < 1.29 is 8.42 Å². The molecule has 0 radical (unpaired) electrons. The average Bonchev–Trinajstić information content (AvgIpc) is 2.84. The molecule has 0 unspecified atom stereocenters. The highest BCUT2D eigenvalue weighted by molar-refractivity contribution is 7.90. The minimum absolute atomic E-state index is 0.199. The molecule has 0 saturated carbocycles. The van der Waals surface area contributed by atoms with Gasteiger partial charge in [0, 0.05) is 0 Å². The summed E-state index contributed by atoms with van der Waals surface area (Å²) in [5, 5.41) is 7.75. The second-order valence-electron chi connectivity index (χ2n) is 4.68. The predicted molar refractivity (Wildman–Crippen MR) is 76.0 cm³/mol. The van der Waals surface area contributed by atoms with E-state index in [0.717, 1.165) is 15.2 Å². The molecule has 0 bridgehead atoms. The van der Waals surface area contributed by atoms with Gasteiger partial charge in [0.05, 0.1) is 4.90 Å². The highest BCUT2D eigenvalue weighted by Gasteiger charge is 2.21. The molecular weight excluding hydrogens is 274 g/mol. The molecule has 5 nitrogen and oxygen atoms in total. The zero-order valence-corrected chi connectivity index (χ0v) is 11.9. The van der Waals surface area contributed by atoms with Crippen LogP contribution in [0.25, 0.3) is 11.0 Å². The number of hydrogen-bond acceptors (Lipinski definition) is 4. The lowest BCUT2D eigenvalue weighted by atomic mass is 10.1. The lowest BCUT2D eigenvalue weighted by Gasteiger charge is -2.05. The molecule has 0 atom stereocenters. The first kappa shape index (κ1) is 12.8. The van der Waals surface area contributed by atoms with Gasteiger partial charge in [0.1, 0.15) is 11.0 Å². The number of rotatable bonds is 2. The van der Waals surface area contributed by atoms with Crippen molar-refractivity contribution in [2.24, 2.45) is 0 Å². The van der Waals surface area contributed by atoms with Gasteiger partial charge in [-0.05, 0) is 49.2 Å². The van der Waals surface area contributed by atoms with Crippen LogP contribution < -0.4 is 0 Å². The van der Waals surface area contributed by atoms with Gasteiger partial charge in [-0.25, -0.2) is 0 Å². The van der Waals surface area contributed by atoms with Gasteiger partial charge in [-0.15, -0.1) is 9.19 Å². The third-order valence-electron chi connectivity index (χ3n) is 3.30. The number of nitrogens with zero attached hydrogens (tertiary/aromatic N) is 3. The van der Waals surface area contributed by atoms with Crippen molar-refractivity contribution in [3.05, 3.63) is 53.6 Å². The minimum atomic E-state index is -3.71. The number of benzene rings is 2. The molecule has 0 N–H and O–H groups in total. The summed E-state index contributed by atoms with van der Waals surface area (Å²) in [5.74, 6) is 0. The molecular formula is C14H13N3O2S. The van der Waals surface area contributed by atoms with E-state index in [0.29, 0.717) is 11.0 Å². The van der Waals surface area contributed by atoms with Crippen LogP contribution in [0.3, 0.4) is 0 Å². The topological polar surface area (TPSA) is 64.8 Å². The Bertz CT molecular complexity index is 883. The Hall–Kier alpha value is -2.21. The Kier molecular flexibility index (Phi) is 2.83. The zero-order chi connectivity index (χ0) is 14.3. The van der Waals surface area contributed by atoms with E-state index in [9.17, 15) is 8.42 Å². The Morgan fingerprint density at radius 1 is 1.00 bits per heavy atom. The maximum absolute atomic E-state index is 12.6. The van der Waals surface area contributed by atoms with Gasteiger partial charge >= 0.3 is 0 Å². The Morgan fingerprint density at radius 3 is 2.35 bits per heavy atom. The Morgan fingerprint density at radius 2 is 1.65 bits per heavy atom. The fraction of sp³-hybridized carbons (Fsp3) is 0.143. The SMILES string of the molecule is Cc1cc2nnn(S(=O)(=O)c3ccccc3)c2cc1C. The third kappa shape index (κ3) is 1.89. The molecule has 3 aromatic rings. The Balaban J connectivity index is 2.28. The van der Waals surface area contributed by atoms with Gasteiger partial charge in [0.25, 0.3) is 10.0 Å². The van der Waals surface area contributed by atoms with Crippen LogP contribution in [0.5, 0.6) is 0 Å². The smallest absolute Gasteiger partial charge is 0.199 e. The normalized spacial score (nSPS) is 11.9. The summed E-state index contributed by atoms with van der Waals surface area (Å²) in [6.45, 7) is 3.89. The second-order valence-corrected chi connectivity index (χ2v) is 6.44. The largest absolute Gasteiger partial charge is 0.284 e. The maximum Gasteiger partial charge on any atom is 0.284 e.